The maximum absolute atomic E-state index is 11.4. The van der Waals surface area contributed by atoms with E-state index in [1.165, 1.54) is 0 Å². The highest BCUT2D eigenvalue weighted by molar-refractivity contribution is 5.90. The predicted octanol–water partition coefficient (Wildman–Crippen LogP) is 0.157. The van der Waals surface area contributed by atoms with E-state index < -0.39 is 5.54 Å². The summed E-state index contributed by atoms with van der Waals surface area (Å²) in [6.45, 7) is 2.37. The minimum absolute atomic E-state index is 0.0589. The van der Waals surface area contributed by atoms with E-state index >= 15 is 0 Å². The summed E-state index contributed by atoms with van der Waals surface area (Å²) in [6.07, 6.45) is 2.74. The summed E-state index contributed by atoms with van der Waals surface area (Å²) in [6, 6.07) is 0. The van der Waals surface area contributed by atoms with E-state index in [4.69, 9.17) is 10.3 Å². The lowest BCUT2D eigenvalue weighted by Crippen LogP contribution is -2.43. The second-order valence-corrected chi connectivity index (χ2v) is 3.79. The molecule has 0 spiro atoms. The van der Waals surface area contributed by atoms with Crippen LogP contribution in [0.3, 0.4) is 0 Å². The van der Waals surface area contributed by atoms with Crippen molar-refractivity contribution in [2.75, 3.05) is 6.54 Å². The van der Waals surface area contributed by atoms with Crippen LogP contribution >= 0.6 is 0 Å². The summed E-state index contributed by atoms with van der Waals surface area (Å²) < 4.78 is 4.99. The molecule has 0 bridgehead atoms. The lowest BCUT2D eigenvalue weighted by atomic mass is 9.78. The molecule has 1 saturated carbocycles. The molecule has 0 aromatic carbocycles. The summed E-state index contributed by atoms with van der Waals surface area (Å²) in [4.78, 5) is 15.4. The molecule has 6 nitrogen and oxygen atoms in total. The number of aromatic nitrogens is 2. The van der Waals surface area contributed by atoms with Crippen molar-refractivity contribution in [3.05, 3.63) is 11.7 Å². The summed E-state index contributed by atoms with van der Waals surface area (Å²) in [7, 11) is 0. The smallest absolute Gasteiger partial charge is 0.292 e. The third kappa shape index (κ3) is 1.72. The van der Waals surface area contributed by atoms with Crippen molar-refractivity contribution in [1.82, 2.24) is 15.5 Å². The van der Waals surface area contributed by atoms with Gasteiger partial charge in [-0.25, -0.2) is 0 Å². The Bertz CT molecular complexity index is 370. The van der Waals surface area contributed by atoms with Crippen LogP contribution in [-0.4, -0.2) is 22.6 Å². The summed E-state index contributed by atoms with van der Waals surface area (Å²) in [5, 5.41) is 6.20. The van der Waals surface area contributed by atoms with Gasteiger partial charge in [0.15, 0.2) is 0 Å². The Hall–Kier alpha value is -1.43. The molecule has 3 N–H and O–H groups in total. The highest BCUT2D eigenvalue weighted by atomic mass is 16.5. The van der Waals surface area contributed by atoms with Crippen molar-refractivity contribution >= 4 is 5.91 Å². The Kier molecular flexibility index (Phi) is 2.44. The molecule has 0 radical (unpaired) electrons. The van der Waals surface area contributed by atoms with Crippen LogP contribution in [0.4, 0.5) is 0 Å². The van der Waals surface area contributed by atoms with Crippen molar-refractivity contribution < 1.29 is 9.32 Å². The van der Waals surface area contributed by atoms with E-state index in [9.17, 15) is 4.79 Å². The van der Waals surface area contributed by atoms with Gasteiger partial charge in [0.05, 0.1) is 5.54 Å². The van der Waals surface area contributed by atoms with E-state index in [-0.39, 0.29) is 11.7 Å². The van der Waals surface area contributed by atoms with E-state index in [0.29, 0.717) is 12.4 Å². The molecule has 82 valence electrons. The van der Waals surface area contributed by atoms with Crippen molar-refractivity contribution in [2.24, 2.45) is 5.73 Å². The molecular weight excluding hydrogens is 196 g/mol. The molecule has 0 atom stereocenters. The minimum atomic E-state index is -0.502. The van der Waals surface area contributed by atoms with E-state index in [0.717, 1.165) is 19.3 Å². The Morgan fingerprint density at radius 3 is 2.93 bits per heavy atom. The second kappa shape index (κ2) is 3.62. The molecule has 1 aliphatic rings. The molecule has 1 aromatic heterocycles. The fraction of sp³-hybridized carbons (Fsp3) is 0.667. The largest absolute Gasteiger partial charge is 0.349 e. The molecule has 0 saturated heterocycles. The van der Waals surface area contributed by atoms with Crippen LogP contribution in [0, 0.1) is 0 Å². The van der Waals surface area contributed by atoms with Gasteiger partial charge in [-0.05, 0) is 26.2 Å². The number of amides is 1. The molecular formula is C9H14N4O2. The van der Waals surface area contributed by atoms with Crippen LogP contribution < -0.4 is 11.1 Å². The highest BCUT2D eigenvalue weighted by Gasteiger charge is 2.40. The molecule has 0 aliphatic heterocycles. The van der Waals surface area contributed by atoms with Gasteiger partial charge in [-0.2, -0.15) is 4.98 Å². The number of hydrogen-bond donors (Lipinski definition) is 2. The van der Waals surface area contributed by atoms with Crippen LogP contribution in [0.15, 0.2) is 4.52 Å². The van der Waals surface area contributed by atoms with Crippen LogP contribution in [0.2, 0.25) is 0 Å². The first-order valence-electron chi connectivity index (χ1n) is 5.07. The topological polar surface area (TPSA) is 94.0 Å². The van der Waals surface area contributed by atoms with E-state index in [2.05, 4.69) is 15.5 Å². The summed E-state index contributed by atoms with van der Waals surface area (Å²) >= 11 is 0. The first-order chi connectivity index (χ1) is 7.15. The zero-order valence-electron chi connectivity index (χ0n) is 8.62. The number of carbonyl (C=O) groups excluding carboxylic acids is 1. The lowest BCUT2D eigenvalue weighted by molar-refractivity contribution is 0.0942. The fourth-order valence-electron chi connectivity index (χ4n) is 1.53. The third-order valence-electron chi connectivity index (χ3n) is 2.64. The highest BCUT2D eigenvalue weighted by Crippen LogP contribution is 2.37. The number of rotatable bonds is 3. The first-order valence-corrected chi connectivity index (χ1v) is 5.07. The molecule has 2 rings (SSSR count). The summed E-state index contributed by atoms with van der Waals surface area (Å²) in [5.74, 6) is 0.106. The maximum atomic E-state index is 11.4. The van der Waals surface area contributed by atoms with Gasteiger partial charge in [0.25, 0.3) is 11.7 Å². The number of nitrogens with two attached hydrogens (primary N) is 1. The monoisotopic (exact) mass is 210 g/mol. The number of nitrogens with one attached hydrogen (secondary N) is 1. The van der Waals surface area contributed by atoms with Gasteiger partial charge in [-0.3, -0.25) is 4.79 Å². The van der Waals surface area contributed by atoms with Gasteiger partial charge < -0.3 is 15.6 Å². The van der Waals surface area contributed by atoms with Gasteiger partial charge in [-0.15, -0.1) is 0 Å². The minimum Gasteiger partial charge on any atom is -0.349 e. The van der Waals surface area contributed by atoms with Crippen molar-refractivity contribution in [3.8, 4) is 0 Å². The van der Waals surface area contributed by atoms with Gasteiger partial charge in [0, 0.05) is 6.54 Å². The zero-order chi connectivity index (χ0) is 10.9. The molecule has 1 aromatic rings. The van der Waals surface area contributed by atoms with Crippen LogP contribution in [0.5, 0.6) is 0 Å². The summed E-state index contributed by atoms with van der Waals surface area (Å²) in [5.41, 5.74) is 5.48. The predicted molar refractivity (Wildman–Crippen MR) is 52.0 cm³/mol. The molecule has 1 fully saturated rings. The van der Waals surface area contributed by atoms with Crippen LogP contribution in [0.25, 0.3) is 0 Å². The Balaban J connectivity index is 2.13. The Labute approximate surface area is 87.2 Å². The van der Waals surface area contributed by atoms with Crippen LogP contribution in [-0.2, 0) is 5.54 Å². The zero-order valence-corrected chi connectivity index (χ0v) is 8.62. The average Bonchev–Trinajstić information content (AvgIpc) is 2.63. The lowest BCUT2D eigenvalue weighted by Gasteiger charge is -2.33. The Morgan fingerprint density at radius 1 is 1.67 bits per heavy atom. The van der Waals surface area contributed by atoms with Gasteiger partial charge in [-0.1, -0.05) is 5.16 Å². The normalized spacial score (nSPS) is 18.3. The van der Waals surface area contributed by atoms with Gasteiger partial charge in [0.1, 0.15) is 0 Å². The first kappa shape index (κ1) is 10.1. The fourth-order valence-corrected chi connectivity index (χ4v) is 1.53. The third-order valence-corrected chi connectivity index (χ3v) is 2.64. The standard InChI is InChI=1S/C9H14N4O2/c1-2-11-7(14)6-12-8(15-13-6)9(10)4-3-5-9/h2-5,10H2,1H3,(H,11,14). The number of carbonyl (C=O) groups is 1. The number of hydrogen-bond acceptors (Lipinski definition) is 5. The van der Waals surface area contributed by atoms with Crippen molar-refractivity contribution in [2.45, 2.75) is 31.7 Å². The number of nitrogens with zero attached hydrogens (tertiary/aromatic N) is 2. The molecule has 1 aliphatic carbocycles. The quantitative estimate of drug-likeness (QED) is 0.741. The average molecular weight is 210 g/mol. The van der Waals surface area contributed by atoms with Gasteiger partial charge >= 0.3 is 0 Å². The molecule has 15 heavy (non-hydrogen) atoms. The van der Waals surface area contributed by atoms with Crippen molar-refractivity contribution in [1.29, 1.82) is 0 Å². The molecule has 1 heterocycles. The maximum Gasteiger partial charge on any atom is 0.292 e. The van der Waals surface area contributed by atoms with Crippen LogP contribution in [0.1, 0.15) is 42.7 Å². The van der Waals surface area contributed by atoms with Crippen molar-refractivity contribution in [3.63, 3.8) is 0 Å². The second-order valence-electron chi connectivity index (χ2n) is 3.79. The van der Waals surface area contributed by atoms with E-state index in [1.54, 1.807) is 0 Å². The molecule has 0 unspecified atom stereocenters. The molecule has 6 heteroatoms. The van der Waals surface area contributed by atoms with Gasteiger partial charge in [0.2, 0.25) is 5.89 Å². The SMILES string of the molecule is CCNC(=O)c1noc(C2(N)CCC2)n1. The Morgan fingerprint density at radius 2 is 2.40 bits per heavy atom. The molecule has 1 amide bonds. The van der Waals surface area contributed by atoms with E-state index in [1.807, 2.05) is 6.92 Å².